The summed E-state index contributed by atoms with van der Waals surface area (Å²) in [5, 5.41) is 35.2. The van der Waals surface area contributed by atoms with Crippen LogP contribution in [0, 0.1) is 0 Å². The molecule has 4 heteroatoms. The second-order valence-corrected chi connectivity index (χ2v) is 2.92. The molecule has 2 atom stereocenters. The second-order valence-electron chi connectivity index (χ2n) is 2.92. The molecule has 0 heterocycles. The fourth-order valence-electron chi connectivity index (χ4n) is 1.03. The third-order valence-electron chi connectivity index (χ3n) is 1.70. The lowest BCUT2D eigenvalue weighted by molar-refractivity contribution is 0.0569. The average molecular weight is 178 g/mol. The smallest absolute Gasteiger partial charge is 0.0586 e. The molecule has 0 radical (unpaired) electrons. The van der Waals surface area contributed by atoms with E-state index >= 15 is 0 Å². The Hall–Kier alpha value is -0.160. The number of hydrogen-bond donors (Lipinski definition) is 4. The molecule has 4 nitrogen and oxygen atoms in total. The highest BCUT2D eigenvalue weighted by molar-refractivity contribution is 4.63. The number of aliphatic hydroxyl groups excluding tert-OH is 4. The molecule has 0 spiro atoms. The quantitative estimate of drug-likeness (QED) is 0.413. The normalized spacial score (nSPS) is 16.0. The minimum atomic E-state index is -0.635. The van der Waals surface area contributed by atoms with Crippen LogP contribution in [-0.4, -0.2) is 45.8 Å². The molecular formula is C8H18O4. The number of rotatable bonds is 7. The SMILES string of the molecule is OCCCC(O)CC(O)CCO. The fourth-order valence-corrected chi connectivity index (χ4v) is 1.03. The van der Waals surface area contributed by atoms with E-state index in [-0.39, 0.29) is 19.6 Å². The van der Waals surface area contributed by atoms with Crippen molar-refractivity contribution < 1.29 is 20.4 Å². The van der Waals surface area contributed by atoms with Crippen molar-refractivity contribution >= 4 is 0 Å². The van der Waals surface area contributed by atoms with Gasteiger partial charge in [0.2, 0.25) is 0 Å². The van der Waals surface area contributed by atoms with E-state index in [4.69, 9.17) is 15.3 Å². The molecular weight excluding hydrogens is 160 g/mol. The zero-order chi connectivity index (χ0) is 9.40. The van der Waals surface area contributed by atoms with E-state index in [1.807, 2.05) is 0 Å². The Bertz CT molecular complexity index is 97.1. The fraction of sp³-hybridized carbons (Fsp3) is 1.00. The number of hydrogen-bond acceptors (Lipinski definition) is 4. The maximum Gasteiger partial charge on any atom is 0.0586 e. The van der Waals surface area contributed by atoms with Gasteiger partial charge < -0.3 is 20.4 Å². The van der Waals surface area contributed by atoms with Crippen LogP contribution < -0.4 is 0 Å². The Morgan fingerprint density at radius 2 is 1.42 bits per heavy atom. The van der Waals surface area contributed by atoms with Crippen LogP contribution in [0.2, 0.25) is 0 Å². The van der Waals surface area contributed by atoms with Crippen molar-refractivity contribution in [2.45, 2.75) is 37.9 Å². The summed E-state index contributed by atoms with van der Waals surface area (Å²) in [6.07, 6.45) is 0.422. The van der Waals surface area contributed by atoms with E-state index in [2.05, 4.69) is 0 Å². The highest BCUT2D eigenvalue weighted by Crippen LogP contribution is 2.06. The first-order chi connectivity index (χ1) is 5.70. The Kier molecular flexibility index (Phi) is 7.39. The van der Waals surface area contributed by atoms with Crippen molar-refractivity contribution in [3.05, 3.63) is 0 Å². The number of aliphatic hydroxyl groups is 4. The molecule has 0 saturated carbocycles. The van der Waals surface area contributed by atoms with Gasteiger partial charge in [-0.3, -0.25) is 0 Å². The third-order valence-corrected chi connectivity index (χ3v) is 1.70. The van der Waals surface area contributed by atoms with Crippen LogP contribution >= 0.6 is 0 Å². The monoisotopic (exact) mass is 178 g/mol. The standard InChI is InChI=1S/C8H18O4/c9-4-1-2-7(11)6-8(12)3-5-10/h7-12H,1-6H2. The largest absolute Gasteiger partial charge is 0.396 e. The first-order valence-corrected chi connectivity index (χ1v) is 4.28. The Morgan fingerprint density at radius 3 is 1.92 bits per heavy atom. The molecule has 0 bridgehead atoms. The molecule has 2 unspecified atom stereocenters. The maximum absolute atomic E-state index is 9.22. The van der Waals surface area contributed by atoms with Gasteiger partial charge in [0, 0.05) is 13.2 Å². The van der Waals surface area contributed by atoms with Gasteiger partial charge in [-0.2, -0.15) is 0 Å². The molecule has 0 aromatic rings. The van der Waals surface area contributed by atoms with Crippen LogP contribution in [0.4, 0.5) is 0 Å². The predicted molar refractivity (Wildman–Crippen MR) is 44.7 cm³/mol. The maximum atomic E-state index is 9.22. The Morgan fingerprint density at radius 1 is 0.833 bits per heavy atom. The summed E-state index contributed by atoms with van der Waals surface area (Å²) < 4.78 is 0. The van der Waals surface area contributed by atoms with Crippen LogP contribution in [0.25, 0.3) is 0 Å². The van der Waals surface area contributed by atoms with E-state index in [1.54, 1.807) is 0 Å². The van der Waals surface area contributed by atoms with Crippen molar-refractivity contribution in [1.29, 1.82) is 0 Å². The lowest BCUT2D eigenvalue weighted by Crippen LogP contribution is -2.18. The molecule has 12 heavy (non-hydrogen) atoms. The molecule has 0 aliphatic heterocycles. The van der Waals surface area contributed by atoms with Gasteiger partial charge in [0.05, 0.1) is 12.2 Å². The molecule has 0 saturated heterocycles. The van der Waals surface area contributed by atoms with E-state index in [0.717, 1.165) is 0 Å². The van der Waals surface area contributed by atoms with Gasteiger partial charge in [0.15, 0.2) is 0 Å². The summed E-state index contributed by atoms with van der Waals surface area (Å²) in [5.41, 5.74) is 0. The molecule has 4 N–H and O–H groups in total. The van der Waals surface area contributed by atoms with E-state index < -0.39 is 12.2 Å². The van der Waals surface area contributed by atoms with Gasteiger partial charge in [-0.15, -0.1) is 0 Å². The van der Waals surface area contributed by atoms with Gasteiger partial charge in [0.1, 0.15) is 0 Å². The lowest BCUT2D eigenvalue weighted by Gasteiger charge is -2.13. The molecule has 0 rings (SSSR count). The van der Waals surface area contributed by atoms with Crippen molar-refractivity contribution in [2.75, 3.05) is 13.2 Å². The molecule has 0 aromatic carbocycles. The summed E-state index contributed by atoms with van der Waals surface area (Å²) in [5.74, 6) is 0. The van der Waals surface area contributed by atoms with E-state index in [9.17, 15) is 5.11 Å². The van der Waals surface area contributed by atoms with Crippen LogP contribution in [-0.2, 0) is 0 Å². The van der Waals surface area contributed by atoms with E-state index in [1.165, 1.54) is 0 Å². The van der Waals surface area contributed by atoms with Crippen molar-refractivity contribution in [3.63, 3.8) is 0 Å². The minimum absolute atomic E-state index is 0.0616. The summed E-state index contributed by atoms with van der Waals surface area (Å²) >= 11 is 0. The van der Waals surface area contributed by atoms with Crippen LogP contribution in [0.3, 0.4) is 0 Å². The molecule has 0 fully saturated rings. The highest BCUT2D eigenvalue weighted by Gasteiger charge is 2.10. The molecule has 0 aliphatic rings. The predicted octanol–water partition coefficient (Wildman–Crippen LogP) is -0.747. The highest BCUT2D eigenvalue weighted by atomic mass is 16.3. The average Bonchev–Trinajstić information content (AvgIpc) is 2.01. The molecule has 0 aromatic heterocycles. The molecule has 74 valence electrons. The first kappa shape index (κ1) is 11.8. The van der Waals surface area contributed by atoms with Crippen molar-refractivity contribution in [2.24, 2.45) is 0 Å². The van der Waals surface area contributed by atoms with E-state index in [0.29, 0.717) is 19.3 Å². The topological polar surface area (TPSA) is 80.9 Å². The minimum Gasteiger partial charge on any atom is -0.396 e. The van der Waals surface area contributed by atoms with Gasteiger partial charge in [-0.1, -0.05) is 0 Å². The zero-order valence-electron chi connectivity index (χ0n) is 7.19. The van der Waals surface area contributed by atoms with Gasteiger partial charge in [-0.25, -0.2) is 0 Å². The lowest BCUT2D eigenvalue weighted by atomic mass is 10.1. The van der Waals surface area contributed by atoms with Gasteiger partial charge in [-0.05, 0) is 25.7 Å². The summed E-state index contributed by atoms with van der Waals surface area (Å²) in [7, 11) is 0. The van der Waals surface area contributed by atoms with Crippen LogP contribution in [0.15, 0.2) is 0 Å². The molecule has 0 amide bonds. The van der Waals surface area contributed by atoms with Gasteiger partial charge in [0.25, 0.3) is 0 Å². The Labute approximate surface area is 72.5 Å². The zero-order valence-corrected chi connectivity index (χ0v) is 7.19. The molecule has 0 aliphatic carbocycles. The second kappa shape index (κ2) is 7.49. The first-order valence-electron chi connectivity index (χ1n) is 4.28. The summed E-state index contributed by atoms with van der Waals surface area (Å²) in [4.78, 5) is 0. The summed E-state index contributed by atoms with van der Waals surface area (Å²) in [6.45, 7) is 0.00103. The van der Waals surface area contributed by atoms with Crippen LogP contribution in [0.1, 0.15) is 25.7 Å². The van der Waals surface area contributed by atoms with Crippen LogP contribution in [0.5, 0.6) is 0 Å². The van der Waals surface area contributed by atoms with Crippen molar-refractivity contribution in [1.82, 2.24) is 0 Å². The Balaban J connectivity index is 3.33. The summed E-state index contributed by atoms with van der Waals surface area (Å²) in [6, 6.07) is 0. The third kappa shape index (κ3) is 6.54. The van der Waals surface area contributed by atoms with Crippen molar-refractivity contribution in [3.8, 4) is 0 Å². The van der Waals surface area contributed by atoms with Gasteiger partial charge >= 0.3 is 0 Å².